The van der Waals surface area contributed by atoms with Gasteiger partial charge in [-0.15, -0.1) is 0 Å². The molecule has 0 fully saturated rings. The van der Waals surface area contributed by atoms with Crippen LogP contribution < -0.4 is 5.73 Å². The SMILES string of the molecule is NCCCCCCOP(O)(=S)OC1=CC=CC1. The van der Waals surface area contributed by atoms with Crippen LogP contribution in [-0.2, 0) is 20.9 Å². The fourth-order valence-electron chi connectivity index (χ4n) is 1.45. The van der Waals surface area contributed by atoms with Gasteiger partial charge in [-0.25, -0.2) is 0 Å². The lowest BCUT2D eigenvalue weighted by Gasteiger charge is -2.17. The molecule has 1 rings (SSSR count). The normalized spacial score (nSPS) is 17.9. The third-order valence-corrected chi connectivity index (χ3v) is 3.84. The van der Waals surface area contributed by atoms with Crippen LogP contribution in [0.1, 0.15) is 32.1 Å². The third-order valence-electron chi connectivity index (χ3n) is 2.32. The van der Waals surface area contributed by atoms with Crippen LogP contribution in [-0.4, -0.2) is 18.0 Å². The highest BCUT2D eigenvalue weighted by Gasteiger charge is 2.18. The second-order valence-electron chi connectivity index (χ2n) is 3.86. The van der Waals surface area contributed by atoms with Crippen LogP contribution in [0.25, 0.3) is 0 Å². The highest BCUT2D eigenvalue weighted by atomic mass is 32.5. The number of allylic oxidation sites excluding steroid dienone is 3. The Morgan fingerprint density at radius 3 is 2.76 bits per heavy atom. The standard InChI is InChI=1S/C11H20NO3PS/c12-9-5-1-2-6-10-14-16(13,17)15-11-7-3-4-8-11/h3-4,7H,1-2,5-6,8-10,12H2,(H,13,17). The zero-order valence-corrected chi connectivity index (χ0v) is 11.6. The van der Waals surface area contributed by atoms with Crippen LogP contribution in [0, 0.1) is 0 Å². The van der Waals surface area contributed by atoms with Crippen molar-refractivity contribution in [3.63, 3.8) is 0 Å². The smallest absolute Gasteiger partial charge is 0.377 e. The fraction of sp³-hybridized carbons (Fsp3) is 0.636. The van der Waals surface area contributed by atoms with E-state index in [-0.39, 0.29) is 0 Å². The third kappa shape index (κ3) is 6.96. The Morgan fingerprint density at radius 2 is 2.12 bits per heavy atom. The summed E-state index contributed by atoms with van der Waals surface area (Å²) in [7, 11) is 0. The van der Waals surface area contributed by atoms with E-state index in [0.29, 0.717) is 18.8 Å². The predicted molar refractivity (Wildman–Crippen MR) is 72.9 cm³/mol. The van der Waals surface area contributed by atoms with Crippen LogP contribution in [0.3, 0.4) is 0 Å². The van der Waals surface area contributed by atoms with Crippen molar-refractivity contribution in [1.82, 2.24) is 0 Å². The van der Waals surface area contributed by atoms with E-state index in [9.17, 15) is 4.89 Å². The molecule has 1 atom stereocenters. The van der Waals surface area contributed by atoms with Crippen molar-refractivity contribution < 1.29 is 13.9 Å². The summed E-state index contributed by atoms with van der Waals surface area (Å²) in [6.45, 7) is -1.93. The highest BCUT2D eigenvalue weighted by Crippen LogP contribution is 2.47. The summed E-state index contributed by atoms with van der Waals surface area (Å²) in [5, 5.41) is 0. The molecular weight excluding hydrogens is 257 g/mol. The molecular formula is C11H20NO3PS. The van der Waals surface area contributed by atoms with Gasteiger partial charge in [0.05, 0.1) is 6.61 Å². The second kappa shape index (κ2) is 8.01. The zero-order valence-electron chi connectivity index (χ0n) is 9.88. The first-order valence-corrected chi connectivity index (χ1v) is 8.46. The maximum absolute atomic E-state index is 9.77. The summed E-state index contributed by atoms with van der Waals surface area (Å²) in [6, 6.07) is 0. The first-order valence-electron chi connectivity index (χ1n) is 5.87. The van der Waals surface area contributed by atoms with Crippen molar-refractivity contribution in [2.24, 2.45) is 5.73 Å². The van der Waals surface area contributed by atoms with Gasteiger partial charge in [0.1, 0.15) is 5.76 Å². The minimum absolute atomic E-state index is 0.444. The molecule has 1 unspecified atom stereocenters. The van der Waals surface area contributed by atoms with E-state index in [2.05, 4.69) is 0 Å². The Labute approximate surface area is 108 Å². The fourth-order valence-corrected chi connectivity index (χ4v) is 2.80. The number of rotatable bonds is 9. The number of nitrogens with two attached hydrogens (primary N) is 1. The summed E-state index contributed by atoms with van der Waals surface area (Å²) in [5.74, 6) is 0.680. The summed E-state index contributed by atoms with van der Waals surface area (Å²) in [4.78, 5) is 9.77. The second-order valence-corrected chi connectivity index (χ2v) is 6.62. The van der Waals surface area contributed by atoms with E-state index in [1.807, 2.05) is 12.2 Å². The first kappa shape index (κ1) is 14.9. The first-order chi connectivity index (χ1) is 8.14. The Kier molecular flexibility index (Phi) is 7.00. The molecule has 0 aromatic heterocycles. The molecule has 0 amide bonds. The topological polar surface area (TPSA) is 64.7 Å². The van der Waals surface area contributed by atoms with E-state index < -0.39 is 6.72 Å². The molecule has 3 N–H and O–H groups in total. The lowest BCUT2D eigenvalue weighted by Crippen LogP contribution is -1.99. The average molecular weight is 277 g/mol. The van der Waals surface area contributed by atoms with Gasteiger partial charge in [-0.05, 0) is 25.5 Å². The van der Waals surface area contributed by atoms with Crippen molar-refractivity contribution >= 4 is 18.5 Å². The maximum atomic E-state index is 9.77. The Bertz CT molecular complexity index is 331. The molecule has 98 valence electrons. The highest BCUT2D eigenvalue weighted by molar-refractivity contribution is 8.07. The largest absolute Gasteiger partial charge is 0.428 e. The minimum atomic E-state index is -3.10. The van der Waals surface area contributed by atoms with Gasteiger partial charge in [-0.2, -0.15) is 0 Å². The van der Waals surface area contributed by atoms with Gasteiger partial charge in [0.2, 0.25) is 0 Å². The maximum Gasteiger partial charge on any atom is 0.377 e. The lowest BCUT2D eigenvalue weighted by molar-refractivity contribution is 0.224. The molecule has 0 heterocycles. The van der Waals surface area contributed by atoms with Gasteiger partial charge in [-0.3, -0.25) is 4.52 Å². The van der Waals surface area contributed by atoms with Gasteiger partial charge in [-0.1, -0.05) is 25.0 Å². The van der Waals surface area contributed by atoms with Gasteiger partial charge >= 0.3 is 6.72 Å². The van der Waals surface area contributed by atoms with E-state index in [1.54, 1.807) is 6.08 Å². The Hall–Kier alpha value is -0.190. The predicted octanol–water partition coefficient (Wildman–Crippen LogP) is 2.60. The quantitative estimate of drug-likeness (QED) is 0.501. The minimum Gasteiger partial charge on any atom is -0.428 e. The zero-order chi connectivity index (χ0) is 12.6. The number of hydrogen-bond acceptors (Lipinski definition) is 4. The molecule has 0 spiro atoms. The lowest BCUT2D eigenvalue weighted by atomic mass is 10.2. The van der Waals surface area contributed by atoms with Gasteiger partial charge in [0.25, 0.3) is 0 Å². The molecule has 4 nitrogen and oxygen atoms in total. The summed E-state index contributed by atoms with van der Waals surface area (Å²) < 4.78 is 10.5. The van der Waals surface area contributed by atoms with Gasteiger partial charge in [0, 0.05) is 18.2 Å². The van der Waals surface area contributed by atoms with Crippen molar-refractivity contribution in [1.29, 1.82) is 0 Å². The number of unbranched alkanes of at least 4 members (excludes halogenated alkanes) is 3. The van der Waals surface area contributed by atoms with Crippen LogP contribution in [0.15, 0.2) is 24.0 Å². The molecule has 0 aromatic rings. The molecule has 0 aromatic carbocycles. The van der Waals surface area contributed by atoms with Gasteiger partial charge in [0.15, 0.2) is 0 Å². The van der Waals surface area contributed by atoms with Crippen LogP contribution in [0.2, 0.25) is 0 Å². The van der Waals surface area contributed by atoms with Crippen molar-refractivity contribution in [3.8, 4) is 0 Å². The van der Waals surface area contributed by atoms with Gasteiger partial charge < -0.3 is 15.2 Å². The number of hydrogen-bond donors (Lipinski definition) is 2. The molecule has 1 aliphatic carbocycles. The Morgan fingerprint density at radius 1 is 1.35 bits per heavy atom. The van der Waals surface area contributed by atoms with Crippen LogP contribution in [0.4, 0.5) is 0 Å². The molecule has 17 heavy (non-hydrogen) atoms. The molecule has 0 saturated carbocycles. The van der Waals surface area contributed by atoms with Crippen molar-refractivity contribution in [2.75, 3.05) is 13.2 Å². The van der Waals surface area contributed by atoms with E-state index >= 15 is 0 Å². The van der Waals surface area contributed by atoms with Crippen molar-refractivity contribution in [2.45, 2.75) is 32.1 Å². The molecule has 0 radical (unpaired) electrons. The van der Waals surface area contributed by atoms with E-state index in [1.165, 1.54) is 0 Å². The molecule has 0 bridgehead atoms. The molecule has 0 saturated heterocycles. The molecule has 1 aliphatic rings. The summed E-state index contributed by atoms with van der Waals surface area (Å²) in [5.41, 5.74) is 5.39. The Balaban J connectivity index is 2.10. The summed E-state index contributed by atoms with van der Waals surface area (Å²) in [6.07, 6.45) is 10.3. The van der Waals surface area contributed by atoms with Crippen molar-refractivity contribution in [3.05, 3.63) is 24.0 Å². The molecule has 6 heteroatoms. The average Bonchev–Trinajstić information content (AvgIpc) is 2.75. The van der Waals surface area contributed by atoms with Crippen LogP contribution in [0.5, 0.6) is 0 Å². The summed E-state index contributed by atoms with van der Waals surface area (Å²) >= 11 is 4.91. The van der Waals surface area contributed by atoms with E-state index in [4.69, 9.17) is 26.6 Å². The monoisotopic (exact) mass is 277 g/mol. The van der Waals surface area contributed by atoms with Crippen LogP contribution >= 0.6 is 6.72 Å². The molecule has 0 aliphatic heterocycles. The van der Waals surface area contributed by atoms with E-state index in [0.717, 1.165) is 32.2 Å².